The van der Waals surface area contributed by atoms with Crippen molar-refractivity contribution in [2.45, 2.75) is 4.90 Å². The van der Waals surface area contributed by atoms with Crippen LogP contribution in [0.25, 0.3) is 6.08 Å². The minimum atomic E-state index is -0.620. The number of nitrogens with zero attached hydrogens (tertiary/aromatic N) is 2. The highest BCUT2D eigenvalue weighted by atomic mass is 32.2. The number of benzene rings is 4. The van der Waals surface area contributed by atoms with E-state index in [-0.39, 0.29) is 28.7 Å². The van der Waals surface area contributed by atoms with Crippen LogP contribution in [-0.2, 0) is 9.59 Å². The molecule has 12 nitrogen and oxygen atoms in total. The molecule has 0 aliphatic heterocycles. The molecule has 4 aromatic rings. The molecule has 0 aliphatic carbocycles. The molecule has 0 bridgehead atoms. The molecule has 0 radical (unpaired) electrons. The third kappa shape index (κ3) is 8.83. The van der Waals surface area contributed by atoms with Gasteiger partial charge >= 0.3 is 0 Å². The Labute approximate surface area is 249 Å². The molecule has 0 aromatic heterocycles. The Morgan fingerprint density at radius 2 is 1.23 bits per heavy atom. The first-order chi connectivity index (χ1) is 20.7. The summed E-state index contributed by atoms with van der Waals surface area (Å²) in [6.07, 6.45) is 1.41. The lowest BCUT2D eigenvalue weighted by molar-refractivity contribution is -0.385. The molecule has 0 aliphatic rings. The molecule has 3 N–H and O–H groups in total. The van der Waals surface area contributed by atoms with E-state index in [2.05, 4.69) is 16.0 Å². The van der Waals surface area contributed by atoms with Gasteiger partial charge in [0.25, 0.3) is 23.2 Å². The first-order valence-corrected chi connectivity index (χ1v) is 13.6. The number of carbonyl (C=O) groups excluding carboxylic acids is 3. The van der Waals surface area contributed by atoms with Crippen molar-refractivity contribution < 1.29 is 24.2 Å². The Bertz CT molecular complexity index is 1680. The zero-order valence-electron chi connectivity index (χ0n) is 22.3. The predicted octanol–water partition coefficient (Wildman–Crippen LogP) is 5.64. The zero-order valence-corrected chi connectivity index (χ0v) is 23.1. The van der Waals surface area contributed by atoms with Gasteiger partial charge in [0.2, 0.25) is 5.91 Å². The summed E-state index contributed by atoms with van der Waals surface area (Å²) < 4.78 is 0. The van der Waals surface area contributed by atoms with E-state index in [1.165, 1.54) is 66.4 Å². The fraction of sp³-hybridized carbons (Fsp3) is 0.0333. The van der Waals surface area contributed by atoms with Crippen molar-refractivity contribution in [1.82, 2.24) is 5.32 Å². The zero-order chi connectivity index (χ0) is 30.8. The summed E-state index contributed by atoms with van der Waals surface area (Å²) in [4.78, 5) is 59.7. The average Bonchev–Trinajstić information content (AvgIpc) is 3.01. The lowest BCUT2D eigenvalue weighted by atomic mass is 10.1. The van der Waals surface area contributed by atoms with Crippen LogP contribution in [0.2, 0.25) is 0 Å². The Morgan fingerprint density at radius 3 is 1.81 bits per heavy atom. The number of hydrogen-bond acceptors (Lipinski definition) is 8. The van der Waals surface area contributed by atoms with Gasteiger partial charge in [-0.3, -0.25) is 34.6 Å². The number of non-ortho nitro benzene ring substituents is 2. The van der Waals surface area contributed by atoms with Gasteiger partial charge in [0, 0.05) is 46.1 Å². The number of thioether (sulfide) groups is 1. The van der Waals surface area contributed by atoms with E-state index in [1.807, 2.05) is 0 Å². The van der Waals surface area contributed by atoms with Crippen LogP contribution < -0.4 is 16.0 Å². The molecule has 0 unspecified atom stereocenters. The lowest BCUT2D eigenvalue weighted by Crippen LogP contribution is -2.30. The monoisotopic (exact) mass is 597 g/mol. The fourth-order valence-electron chi connectivity index (χ4n) is 3.65. The maximum absolute atomic E-state index is 13.2. The van der Waals surface area contributed by atoms with Crippen LogP contribution in [-0.4, -0.2) is 33.3 Å². The van der Waals surface area contributed by atoms with Crippen LogP contribution in [0.5, 0.6) is 0 Å². The molecule has 0 saturated carbocycles. The normalized spacial score (nSPS) is 10.8. The number of nitro benzene ring substituents is 2. The second kappa shape index (κ2) is 14.2. The molecular weight excluding hydrogens is 574 g/mol. The van der Waals surface area contributed by atoms with E-state index >= 15 is 0 Å². The Kier molecular flexibility index (Phi) is 9.95. The van der Waals surface area contributed by atoms with Crippen molar-refractivity contribution in [3.63, 3.8) is 0 Å². The Hall–Kier alpha value is -5.82. The van der Waals surface area contributed by atoms with Crippen molar-refractivity contribution in [3.05, 3.63) is 140 Å². The minimum Gasteiger partial charge on any atom is -0.325 e. The predicted molar refractivity (Wildman–Crippen MR) is 163 cm³/mol. The summed E-state index contributed by atoms with van der Waals surface area (Å²) in [5.74, 6) is -1.35. The molecule has 13 heteroatoms. The third-order valence-electron chi connectivity index (χ3n) is 5.79. The van der Waals surface area contributed by atoms with E-state index in [0.717, 1.165) is 4.90 Å². The summed E-state index contributed by atoms with van der Waals surface area (Å²) in [6, 6.07) is 26.0. The molecule has 4 aromatic carbocycles. The minimum absolute atomic E-state index is 0.0768. The summed E-state index contributed by atoms with van der Waals surface area (Å²) in [5, 5.41) is 29.7. The van der Waals surface area contributed by atoms with Crippen LogP contribution >= 0.6 is 11.8 Å². The largest absolute Gasteiger partial charge is 0.325 e. The maximum Gasteiger partial charge on any atom is 0.272 e. The maximum atomic E-state index is 13.2. The Morgan fingerprint density at radius 1 is 0.698 bits per heavy atom. The fourth-order valence-corrected chi connectivity index (χ4v) is 4.35. The molecule has 0 spiro atoms. The van der Waals surface area contributed by atoms with Gasteiger partial charge in [0.15, 0.2) is 0 Å². The number of nitro groups is 2. The highest BCUT2D eigenvalue weighted by Gasteiger charge is 2.16. The van der Waals surface area contributed by atoms with Crippen molar-refractivity contribution in [1.29, 1.82) is 0 Å². The number of carbonyl (C=O) groups is 3. The van der Waals surface area contributed by atoms with Crippen LogP contribution in [0.1, 0.15) is 15.9 Å². The number of rotatable bonds is 11. The topological polar surface area (TPSA) is 174 Å². The molecule has 3 amide bonds. The highest BCUT2D eigenvalue weighted by Crippen LogP contribution is 2.22. The number of nitrogens with one attached hydrogen (secondary N) is 3. The number of amides is 3. The molecule has 0 atom stereocenters. The molecular formula is C30H23N5O7S. The van der Waals surface area contributed by atoms with Gasteiger partial charge in [-0.1, -0.05) is 18.2 Å². The highest BCUT2D eigenvalue weighted by molar-refractivity contribution is 8.00. The van der Waals surface area contributed by atoms with Gasteiger partial charge in [-0.2, -0.15) is 0 Å². The second-order valence-electron chi connectivity index (χ2n) is 8.85. The van der Waals surface area contributed by atoms with E-state index in [0.29, 0.717) is 22.5 Å². The van der Waals surface area contributed by atoms with Gasteiger partial charge < -0.3 is 16.0 Å². The lowest BCUT2D eigenvalue weighted by Gasteiger charge is -2.12. The summed E-state index contributed by atoms with van der Waals surface area (Å²) in [7, 11) is 0. The summed E-state index contributed by atoms with van der Waals surface area (Å²) >= 11 is 1.25. The van der Waals surface area contributed by atoms with Gasteiger partial charge in [0.05, 0.1) is 15.6 Å². The molecule has 0 saturated heterocycles. The SMILES string of the molecule is O=C(CSc1ccc(NC(=O)/C(=C/c2ccc([N+](=O)[O-])cc2)NC(=O)c2ccccc2)cc1)Nc1ccc([N+](=O)[O-])cc1. The summed E-state index contributed by atoms with van der Waals surface area (Å²) in [5.41, 5.74) is 1.39. The number of hydrogen-bond donors (Lipinski definition) is 3. The van der Waals surface area contributed by atoms with Gasteiger partial charge in [0.1, 0.15) is 5.70 Å². The van der Waals surface area contributed by atoms with Crippen LogP contribution in [0.15, 0.2) is 114 Å². The van der Waals surface area contributed by atoms with Crippen molar-refractivity contribution in [2.75, 3.05) is 16.4 Å². The van der Waals surface area contributed by atoms with Gasteiger partial charge in [-0.25, -0.2) is 0 Å². The van der Waals surface area contributed by atoms with E-state index in [4.69, 9.17) is 0 Å². The third-order valence-corrected chi connectivity index (χ3v) is 6.80. The van der Waals surface area contributed by atoms with E-state index in [1.54, 1.807) is 54.6 Å². The standard InChI is InChI=1S/C30H23N5O7S/c36-28(31-22-8-14-25(15-9-22)35(41)42)19-43-26-16-10-23(11-17-26)32-30(38)27(33-29(37)21-4-2-1-3-5-21)18-20-6-12-24(13-7-20)34(39)40/h1-18H,19H2,(H,31,36)(H,32,38)(H,33,37)/b27-18-. The molecule has 43 heavy (non-hydrogen) atoms. The van der Waals surface area contributed by atoms with Crippen molar-refractivity contribution in [2.24, 2.45) is 0 Å². The quantitative estimate of drug-likeness (QED) is 0.0861. The summed E-state index contributed by atoms with van der Waals surface area (Å²) in [6.45, 7) is 0. The molecule has 4 rings (SSSR count). The van der Waals surface area contributed by atoms with E-state index in [9.17, 15) is 34.6 Å². The van der Waals surface area contributed by atoms with Gasteiger partial charge in [-0.05, 0) is 72.3 Å². The molecule has 216 valence electrons. The Balaban J connectivity index is 1.40. The van der Waals surface area contributed by atoms with E-state index < -0.39 is 21.7 Å². The smallest absolute Gasteiger partial charge is 0.272 e. The number of anilines is 2. The molecule has 0 fully saturated rings. The van der Waals surface area contributed by atoms with Crippen molar-refractivity contribution >= 4 is 58.3 Å². The van der Waals surface area contributed by atoms with Crippen LogP contribution in [0.4, 0.5) is 22.7 Å². The first kappa shape index (κ1) is 30.1. The van der Waals surface area contributed by atoms with Gasteiger partial charge in [-0.15, -0.1) is 11.8 Å². The first-order valence-electron chi connectivity index (χ1n) is 12.6. The van der Waals surface area contributed by atoms with Crippen molar-refractivity contribution in [3.8, 4) is 0 Å². The average molecular weight is 598 g/mol. The second-order valence-corrected chi connectivity index (χ2v) is 9.89. The van der Waals surface area contributed by atoms with Crippen LogP contribution in [0.3, 0.4) is 0 Å². The molecule has 0 heterocycles. The van der Waals surface area contributed by atoms with Crippen LogP contribution in [0, 0.1) is 20.2 Å².